The van der Waals surface area contributed by atoms with Gasteiger partial charge in [-0.15, -0.1) is 5.10 Å². The Morgan fingerprint density at radius 3 is 2.73 bits per heavy atom. The molecule has 30 heavy (non-hydrogen) atoms. The van der Waals surface area contributed by atoms with E-state index in [9.17, 15) is 14.4 Å². The van der Waals surface area contributed by atoms with Gasteiger partial charge < -0.3 is 5.32 Å². The van der Waals surface area contributed by atoms with Crippen LogP contribution in [0.4, 0.5) is 10.2 Å². The number of benzene rings is 2. The minimum absolute atomic E-state index is 0.000592. The Hall–Kier alpha value is -3.97. The quantitative estimate of drug-likeness (QED) is 0.463. The van der Waals surface area contributed by atoms with Gasteiger partial charge in [0.25, 0.3) is 0 Å². The summed E-state index contributed by atoms with van der Waals surface area (Å²) in [6, 6.07) is 17.4. The van der Waals surface area contributed by atoms with E-state index in [4.69, 9.17) is 0 Å². The Balaban J connectivity index is 1.45. The first-order valence-electron chi connectivity index (χ1n) is 8.79. The molecule has 0 aliphatic carbocycles. The van der Waals surface area contributed by atoms with Crippen LogP contribution in [0.2, 0.25) is 0 Å². The first kappa shape index (κ1) is 19.4. The molecule has 0 radical (unpaired) electrons. The van der Waals surface area contributed by atoms with Crippen molar-refractivity contribution in [3.05, 3.63) is 72.2 Å². The van der Waals surface area contributed by atoms with Gasteiger partial charge >= 0.3 is 0 Å². The summed E-state index contributed by atoms with van der Waals surface area (Å²) in [5.41, 5.74) is 1.26. The van der Waals surface area contributed by atoms with E-state index in [-0.39, 0.29) is 28.9 Å². The van der Waals surface area contributed by atoms with E-state index in [1.165, 1.54) is 16.9 Å². The SMILES string of the molecule is N#Cc1cnn(-c2ccccc2)c1NC(=O)CSc1n[nH]c(-c2ccccc2F)n1. The number of carbonyl (C=O) groups is 1. The van der Waals surface area contributed by atoms with Gasteiger partial charge in [-0.2, -0.15) is 10.4 Å². The van der Waals surface area contributed by atoms with Crippen molar-refractivity contribution < 1.29 is 9.18 Å². The van der Waals surface area contributed by atoms with Crippen molar-refractivity contribution in [1.29, 1.82) is 5.26 Å². The van der Waals surface area contributed by atoms with Gasteiger partial charge in [-0.1, -0.05) is 42.1 Å². The fraction of sp³-hybridized carbons (Fsp3) is 0.0500. The maximum absolute atomic E-state index is 13.9. The number of thioether (sulfide) groups is 1. The molecule has 10 heteroatoms. The number of nitrogens with one attached hydrogen (secondary N) is 2. The summed E-state index contributed by atoms with van der Waals surface area (Å²) < 4.78 is 15.4. The van der Waals surface area contributed by atoms with Crippen LogP contribution in [0.5, 0.6) is 0 Å². The molecule has 0 saturated heterocycles. The monoisotopic (exact) mass is 419 g/mol. The highest BCUT2D eigenvalue weighted by molar-refractivity contribution is 7.99. The van der Waals surface area contributed by atoms with E-state index in [0.717, 1.165) is 11.8 Å². The third kappa shape index (κ3) is 4.06. The second-order valence-electron chi connectivity index (χ2n) is 6.05. The molecule has 0 unspecified atom stereocenters. The number of para-hydroxylation sites is 1. The number of H-pyrrole nitrogens is 1. The molecule has 0 aliphatic rings. The van der Waals surface area contributed by atoms with Crippen molar-refractivity contribution in [2.24, 2.45) is 0 Å². The lowest BCUT2D eigenvalue weighted by molar-refractivity contribution is -0.113. The number of nitrogens with zero attached hydrogens (tertiary/aromatic N) is 5. The largest absolute Gasteiger partial charge is 0.309 e. The minimum atomic E-state index is -0.416. The van der Waals surface area contributed by atoms with Crippen molar-refractivity contribution in [2.45, 2.75) is 5.16 Å². The number of hydrogen-bond acceptors (Lipinski definition) is 6. The van der Waals surface area contributed by atoms with Gasteiger partial charge in [-0.05, 0) is 24.3 Å². The molecule has 0 spiro atoms. The molecule has 0 bridgehead atoms. The summed E-state index contributed by atoms with van der Waals surface area (Å²) in [5, 5.41) is 23.2. The topological polar surface area (TPSA) is 112 Å². The number of halogens is 1. The summed E-state index contributed by atoms with van der Waals surface area (Å²) in [7, 11) is 0. The van der Waals surface area contributed by atoms with Crippen LogP contribution in [-0.4, -0.2) is 36.6 Å². The number of amides is 1. The van der Waals surface area contributed by atoms with E-state index >= 15 is 0 Å². The van der Waals surface area contributed by atoms with E-state index in [2.05, 4.69) is 25.6 Å². The number of carbonyl (C=O) groups excluding carboxylic acids is 1. The summed E-state index contributed by atoms with van der Waals surface area (Å²) in [6.45, 7) is 0. The summed E-state index contributed by atoms with van der Waals surface area (Å²) in [4.78, 5) is 16.7. The minimum Gasteiger partial charge on any atom is -0.309 e. The predicted molar refractivity (Wildman–Crippen MR) is 109 cm³/mol. The zero-order chi connectivity index (χ0) is 20.9. The fourth-order valence-corrected chi connectivity index (χ4v) is 3.30. The van der Waals surface area contributed by atoms with Gasteiger partial charge in [0.2, 0.25) is 11.1 Å². The number of hydrogen-bond donors (Lipinski definition) is 2. The molecular formula is C20H14FN7OS. The van der Waals surface area contributed by atoms with Crippen LogP contribution < -0.4 is 5.32 Å². The predicted octanol–water partition coefficient (Wildman–Crippen LogP) is 3.40. The lowest BCUT2D eigenvalue weighted by Gasteiger charge is -2.09. The molecule has 2 heterocycles. The number of aromatic nitrogens is 5. The van der Waals surface area contributed by atoms with Gasteiger partial charge in [-0.3, -0.25) is 9.89 Å². The first-order chi connectivity index (χ1) is 14.7. The van der Waals surface area contributed by atoms with Crippen LogP contribution >= 0.6 is 11.8 Å². The maximum Gasteiger partial charge on any atom is 0.236 e. The van der Waals surface area contributed by atoms with Gasteiger partial charge in [0.1, 0.15) is 17.4 Å². The summed E-state index contributed by atoms with van der Waals surface area (Å²) in [5.74, 6) is -0.201. The second-order valence-corrected chi connectivity index (χ2v) is 6.99. The van der Waals surface area contributed by atoms with Crippen LogP contribution in [0.3, 0.4) is 0 Å². The van der Waals surface area contributed by atoms with E-state index in [1.54, 1.807) is 18.2 Å². The van der Waals surface area contributed by atoms with Crippen molar-refractivity contribution >= 4 is 23.5 Å². The Morgan fingerprint density at radius 1 is 1.20 bits per heavy atom. The smallest absolute Gasteiger partial charge is 0.236 e. The lowest BCUT2D eigenvalue weighted by Crippen LogP contribution is -2.17. The summed E-state index contributed by atoms with van der Waals surface area (Å²) in [6.07, 6.45) is 1.39. The second kappa shape index (κ2) is 8.59. The molecule has 1 amide bonds. The first-order valence-corrected chi connectivity index (χ1v) is 9.78. The summed E-state index contributed by atoms with van der Waals surface area (Å²) >= 11 is 1.09. The van der Waals surface area contributed by atoms with Crippen LogP contribution in [0, 0.1) is 17.1 Å². The molecule has 2 aromatic heterocycles. The van der Waals surface area contributed by atoms with Crippen molar-refractivity contribution in [3.63, 3.8) is 0 Å². The Labute approximate surface area is 174 Å². The third-order valence-corrected chi connectivity index (χ3v) is 4.92. The van der Waals surface area contributed by atoms with E-state index in [0.29, 0.717) is 16.4 Å². The average molecular weight is 419 g/mol. The lowest BCUT2D eigenvalue weighted by atomic mass is 10.2. The van der Waals surface area contributed by atoms with Gasteiger partial charge in [0.05, 0.1) is 23.2 Å². The molecule has 0 atom stereocenters. The standard InChI is InChI=1S/C20H14FN7OS/c21-16-9-5-4-8-15(16)18-25-20(27-26-18)30-12-17(29)24-19-13(10-22)11-23-28(19)14-6-2-1-3-7-14/h1-9,11H,12H2,(H,24,29)(H,25,26,27). The van der Waals surface area contributed by atoms with E-state index < -0.39 is 5.82 Å². The number of anilines is 1. The Kier molecular flexibility index (Phi) is 5.54. The molecule has 0 aliphatic heterocycles. The number of rotatable bonds is 6. The normalized spacial score (nSPS) is 10.5. The van der Waals surface area contributed by atoms with Gasteiger partial charge in [0.15, 0.2) is 11.6 Å². The molecule has 8 nitrogen and oxygen atoms in total. The van der Waals surface area contributed by atoms with Crippen molar-refractivity contribution in [1.82, 2.24) is 25.0 Å². The third-order valence-electron chi connectivity index (χ3n) is 4.07. The maximum atomic E-state index is 13.9. The zero-order valence-corrected chi connectivity index (χ0v) is 16.2. The highest BCUT2D eigenvalue weighted by Gasteiger charge is 2.16. The molecular weight excluding hydrogens is 405 g/mol. The average Bonchev–Trinajstić information content (AvgIpc) is 3.40. The Morgan fingerprint density at radius 2 is 1.97 bits per heavy atom. The fourth-order valence-electron chi connectivity index (χ4n) is 2.70. The number of aromatic amines is 1. The van der Waals surface area contributed by atoms with Crippen LogP contribution in [-0.2, 0) is 4.79 Å². The molecule has 0 saturated carbocycles. The molecule has 148 valence electrons. The molecule has 4 rings (SSSR count). The van der Waals surface area contributed by atoms with Gasteiger partial charge in [-0.25, -0.2) is 14.1 Å². The van der Waals surface area contributed by atoms with Gasteiger partial charge in [0, 0.05) is 0 Å². The highest BCUT2D eigenvalue weighted by atomic mass is 32.2. The number of nitriles is 1. The van der Waals surface area contributed by atoms with Crippen molar-refractivity contribution in [3.8, 4) is 23.1 Å². The molecule has 2 N–H and O–H groups in total. The zero-order valence-electron chi connectivity index (χ0n) is 15.4. The van der Waals surface area contributed by atoms with Crippen LogP contribution in [0.15, 0.2) is 66.0 Å². The Bertz CT molecular complexity index is 1230. The van der Waals surface area contributed by atoms with Crippen molar-refractivity contribution in [2.75, 3.05) is 11.1 Å². The van der Waals surface area contributed by atoms with Crippen LogP contribution in [0.25, 0.3) is 17.1 Å². The van der Waals surface area contributed by atoms with E-state index in [1.807, 2.05) is 36.4 Å². The molecule has 4 aromatic rings. The highest BCUT2D eigenvalue weighted by Crippen LogP contribution is 2.23. The molecule has 2 aromatic carbocycles. The molecule has 0 fully saturated rings. The van der Waals surface area contributed by atoms with Crippen LogP contribution in [0.1, 0.15) is 5.56 Å².